The lowest BCUT2D eigenvalue weighted by molar-refractivity contribution is -0.137. The van der Waals surface area contributed by atoms with Gasteiger partial charge in [0.2, 0.25) is 0 Å². The number of alkyl halides is 3. The van der Waals surface area contributed by atoms with Crippen LogP contribution in [0.1, 0.15) is 29.9 Å². The van der Waals surface area contributed by atoms with E-state index in [2.05, 4.69) is 25.9 Å². The van der Waals surface area contributed by atoms with E-state index in [4.69, 9.17) is 0 Å². The minimum absolute atomic E-state index is 0. The number of pyridine rings is 1. The highest BCUT2D eigenvalue weighted by Gasteiger charge is 2.30. The number of nitrogens with zero attached hydrogens (tertiary/aromatic N) is 4. The topological polar surface area (TPSA) is 84.7 Å². The Kier molecular flexibility index (Phi) is 9.53. The van der Waals surface area contributed by atoms with Crippen molar-refractivity contribution in [2.45, 2.75) is 26.1 Å². The van der Waals surface area contributed by atoms with E-state index in [9.17, 15) is 18.0 Å². The fourth-order valence-corrected chi connectivity index (χ4v) is 1.93. The van der Waals surface area contributed by atoms with Crippen molar-refractivity contribution in [3.63, 3.8) is 0 Å². The molecule has 12 heteroatoms. The normalized spacial score (nSPS) is 11.9. The molecule has 0 saturated heterocycles. The standard InChI is InChI=1S/C14H17F3N6O.2ClH/c1-3-18-9(2)6-20-13(24)11-8-23(22-21-11)12-5-4-10(7-19-12)14(15,16)17;;/h4-5,7-9,18H,3,6H2,1-2H3,(H,20,24);2*1H/t9-;;/m1../s1. The van der Waals surface area contributed by atoms with E-state index in [1.54, 1.807) is 0 Å². The fraction of sp³-hybridized carbons (Fsp3) is 0.429. The quantitative estimate of drug-likeness (QED) is 0.756. The summed E-state index contributed by atoms with van der Waals surface area (Å²) in [5.41, 5.74) is -0.804. The molecule has 0 aliphatic rings. The summed E-state index contributed by atoms with van der Waals surface area (Å²) < 4.78 is 38.7. The largest absolute Gasteiger partial charge is 0.417 e. The Hall–Kier alpha value is -1.91. The molecule has 0 aliphatic carbocycles. The number of hydrogen-bond donors (Lipinski definition) is 2. The third-order valence-electron chi connectivity index (χ3n) is 3.16. The van der Waals surface area contributed by atoms with Crippen molar-refractivity contribution >= 4 is 30.7 Å². The molecule has 0 radical (unpaired) electrons. The van der Waals surface area contributed by atoms with Gasteiger partial charge in [0.15, 0.2) is 11.5 Å². The van der Waals surface area contributed by atoms with E-state index in [1.165, 1.54) is 6.20 Å². The van der Waals surface area contributed by atoms with Gasteiger partial charge in [-0.15, -0.1) is 29.9 Å². The maximum atomic E-state index is 12.5. The molecule has 0 aliphatic heterocycles. The van der Waals surface area contributed by atoms with Crippen LogP contribution in [0.25, 0.3) is 5.82 Å². The van der Waals surface area contributed by atoms with Gasteiger partial charge in [0.1, 0.15) is 0 Å². The van der Waals surface area contributed by atoms with Gasteiger partial charge >= 0.3 is 6.18 Å². The Morgan fingerprint density at radius 2 is 2.00 bits per heavy atom. The number of nitrogens with one attached hydrogen (secondary N) is 2. The molecule has 2 aromatic heterocycles. The number of halogens is 5. The zero-order valence-corrected chi connectivity index (χ0v) is 15.6. The Bertz CT molecular complexity index is 693. The SMILES string of the molecule is CCN[C@H](C)CNC(=O)c1cn(-c2ccc(C(F)(F)F)cn2)nn1.Cl.Cl. The fourth-order valence-electron chi connectivity index (χ4n) is 1.93. The van der Waals surface area contributed by atoms with Crippen molar-refractivity contribution in [2.75, 3.05) is 13.1 Å². The number of carbonyl (C=O) groups is 1. The summed E-state index contributed by atoms with van der Waals surface area (Å²) >= 11 is 0. The molecule has 0 bridgehead atoms. The first-order chi connectivity index (χ1) is 11.3. The van der Waals surface area contributed by atoms with Crippen molar-refractivity contribution in [3.05, 3.63) is 35.8 Å². The molecule has 0 fully saturated rings. The second-order valence-corrected chi connectivity index (χ2v) is 5.12. The number of aromatic nitrogens is 4. The second kappa shape index (κ2) is 10.3. The third-order valence-corrected chi connectivity index (χ3v) is 3.16. The molecule has 0 aromatic carbocycles. The summed E-state index contributed by atoms with van der Waals surface area (Å²) in [6.07, 6.45) is -2.44. The van der Waals surface area contributed by atoms with Crippen molar-refractivity contribution in [3.8, 4) is 5.82 Å². The lowest BCUT2D eigenvalue weighted by Gasteiger charge is -2.12. The van der Waals surface area contributed by atoms with Crippen molar-refractivity contribution < 1.29 is 18.0 Å². The van der Waals surface area contributed by atoms with Crippen LogP contribution in [-0.2, 0) is 6.18 Å². The monoisotopic (exact) mass is 414 g/mol. The average molecular weight is 415 g/mol. The molecule has 2 heterocycles. The summed E-state index contributed by atoms with van der Waals surface area (Å²) in [4.78, 5) is 15.6. The first-order valence-electron chi connectivity index (χ1n) is 7.28. The van der Waals surface area contributed by atoms with Gasteiger partial charge in [-0.25, -0.2) is 9.67 Å². The molecule has 1 atom stereocenters. The van der Waals surface area contributed by atoms with Gasteiger partial charge in [-0.1, -0.05) is 12.1 Å². The van der Waals surface area contributed by atoms with Gasteiger partial charge in [0.25, 0.3) is 5.91 Å². The lowest BCUT2D eigenvalue weighted by atomic mass is 10.3. The van der Waals surface area contributed by atoms with Crippen molar-refractivity contribution in [1.82, 2.24) is 30.6 Å². The molecule has 146 valence electrons. The van der Waals surface area contributed by atoms with Crippen LogP contribution in [0.2, 0.25) is 0 Å². The van der Waals surface area contributed by atoms with Crippen LogP contribution < -0.4 is 10.6 Å². The number of hydrogen-bond acceptors (Lipinski definition) is 5. The number of amides is 1. The number of carbonyl (C=O) groups excluding carboxylic acids is 1. The molecule has 2 rings (SSSR count). The van der Waals surface area contributed by atoms with E-state index in [0.29, 0.717) is 12.7 Å². The van der Waals surface area contributed by atoms with E-state index >= 15 is 0 Å². The van der Waals surface area contributed by atoms with Crippen LogP contribution in [0.5, 0.6) is 0 Å². The minimum atomic E-state index is -4.46. The van der Waals surface area contributed by atoms with Crippen LogP contribution in [0.15, 0.2) is 24.5 Å². The van der Waals surface area contributed by atoms with Crippen LogP contribution in [0.4, 0.5) is 13.2 Å². The highest BCUT2D eigenvalue weighted by atomic mass is 35.5. The second-order valence-electron chi connectivity index (χ2n) is 5.12. The van der Waals surface area contributed by atoms with Crippen LogP contribution in [-0.4, -0.2) is 45.0 Å². The van der Waals surface area contributed by atoms with Crippen molar-refractivity contribution in [1.29, 1.82) is 0 Å². The van der Waals surface area contributed by atoms with E-state index in [1.807, 2.05) is 13.8 Å². The molecule has 0 unspecified atom stereocenters. The predicted octanol–water partition coefficient (Wildman–Crippen LogP) is 2.25. The van der Waals surface area contributed by atoms with Gasteiger partial charge < -0.3 is 10.6 Å². The summed E-state index contributed by atoms with van der Waals surface area (Å²) in [6, 6.07) is 2.15. The molecular formula is C14H19Cl2F3N6O. The Morgan fingerprint density at radius 1 is 1.31 bits per heavy atom. The maximum Gasteiger partial charge on any atom is 0.417 e. The van der Waals surface area contributed by atoms with Crippen LogP contribution in [0, 0.1) is 0 Å². The summed E-state index contributed by atoms with van der Waals surface area (Å²) in [5, 5.41) is 13.2. The Labute approximate surface area is 160 Å². The Morgan fingerprint density at radius 3 is 2.54 bits per heavy atom. The van der Waals surface area contributed by atoms with Gasteiger partial charge in [0, 0.05) is 18.8 Å². The molecule has 0 spiro atoms. The minimum Gasteiger partial charge on any atom is -0.349 e. The first kappa shape index (κ1) is 24.1. The van der Waals surface area contributed by atoms with Gasteiger partial charge in [-0.2, -0.15) is 13.2 Å². The number of likely N-dealkylation sites (N-methyl/N-ethyl adjacent to an activating group) is 1. The molecule has 2 aromatic rings. The van der Waals surface area contributed by atoms with E-state index in [0.717, 1.165) is 23.4 Å². The van der Waals surface area contributed by atoms with E-state index in [-0.39, 0.29) is 42.4 Å². The van der Waals surface area contributed by atoms with Crippen molar-refractivity contribution in [2.24, 2.45) is 0 Å². The van der Waals surface area contributed by atoms with E-state index < -0.39 is 17.6 Å². The summed E-state index contributed by atoms with van der Waals surface area (Å²) in [6.45, 7) is 5.08. The third kappa shape index (κ3) is 6.43. The molecule has 26 heavy (non-hydrogen) atoms. The summed E-state index contributed by atoms with van der Waals surface area (Å²) in [5.74, 6) is -0.284. The highest BCUT2D eigenvalue weighted by Crippen LogP contribution is 2.28. The average Bonchev–Trinajstić information content (AvgIpc) is 3.02. The maximum absolute atomic E-state index is 12.5. The molecule has 7 nitrogen and oxygen atoms in total. The van der Waals surface area contributed by atoms with Gasteiger partial charge in [0.05, 0.1) is 11.8 Å². The lowest BCUT2D eigenvalue weighted by Crippen LogP contribution is -2.38. The van der Waals surface area contributed by atoms with Gasteiger partial charge in [-0.3, -0.25) is 4.79 Å². The van der Waals surface area contributed by atoms with Crippen LogP contribution in [0.3, 0.4) is 0 Å². The zero-order valence-electron chi connectivity index (χ0n) is 13.9. The molecule has 2 N–H and O–H groups in total. The Balaban J connectivity index is 0.00000312. The molecule has 1 amide bonds. The highest BCUT2D eigenvalue weighted by molar-refractivity contribution is 5.91. The van der Waals surface area contributed by atoms with Crippen LogP contribution >= 0.6 is 24.8 Å². The smallest absolute Gasteiger partial charge is 0.349 e. The zero-order chi connectivity index (χ0) is 17.7. The summed E-state index contributed by atoms with van der Waals surface area (Å²) in [7, 11) is 0. The number of rotatable bonds is 6. The predicted molar refractivity (Wildman–Crippen MR) is 94.1 cm³/mol. The van der Waals surface area contributed by atoms with Gasteiger partial charge in [-0.05, 0) is 25.6 Å². The molecule has 0 saturated carbocycles. The first-order valence-corrected chi connectivity index (χ1v) is 7.28. The molecular weight excluding hydrogens is 396 g/mol.